The number of nitrogens with two attached hydrogens (primary N) is 1. The molecule has 0 spiro atoms. The highest BCUT2D eigenvalue weighted by molar-refractivity contribution is 5.98. The number of hydrogen-bond acceptors (Lipinski definition) is 7. The van der Waals surface area contributed by atoms with Crippen molar-refractivity contribution in [2.45, 2.75) is 32.0 Å². The molecule has 4 N–H and O–H groups in total. The Kier molecular flexibility index (Phi) is 5.49. The number of benzene rings is 1. The van der Waals surface area contributed by atoms with Gasteiger partial charge in [-0.2, -0.15) is 18.2 Å². The molecule has 0 radical (unpaired) electrons. The zero-order valence-electron chi connectivity index (χ0n) is 17.5. The van der Waals surface area contributed by atoms with Crippen molar-refractivity contribution in [2.75, 3.05) is 34.9 Å². The van der Waals surface area contributed by atoms with Crippen molar-refractivity contribution in [2.24, 2.45) is 0 Å². The van der Waals surface area contributed by atoms with Crippen LogP contribution in [0.1, 0.15) is 36.9 Å². The first-order chi connectivity index (χ1) is 15.2. The van der Waals surface area contributed by atoms with Crippen LogP contribution in [0.3, 0.4) is 0 Å². The minimum Gasteiger partial charge on any atom is -0.399 e. The van der Waals surface area contributed by atoms with Crippen molar-refractivity contribution in [1.29, 1.82) is 0 Å². The largest absolute Gasteiger partial charge is 0.416 e. The molecule has 1 saturated heterocycles. The fourth-order valence-corrected chi connectivity index (χ4v) is 3.66. The summed E-state index contributed by atoms with van der Waals surface area (Å²) in [4.78, 5) is 26.9. The second-order valence-corrected chi connectivity index (χ2v) is 7.61. The highest BCUT2D eigenvalue weighted by atomic mass is 19.4. The lowest BCUT2D eigenvalue weighted by Gasteiger charge is -2.20. The van der Waals surface area contributed by atoms with Gasteiger partial charge in [0.1, 0.15) is 11.6 Å². The van der Waals surface area contributed by atoms with Crippen LogP contribution in [0, 0.1) is 0 Å². The van der Waals surface area contributed by atoms with Gasteiger partial charge in [0.25, 0.3) is 0 Å². The van der Waals surface area contributed by atoms with Gasteiger partial charge in [-0.05, 0) is 43.2 Å². The molecule has 32 heavy (non-hydrogen) atoms. The first-order valence-corrected chi connectivity index (χ1v) is 10.1. The van der Waals surface area contributed by atoms with Crippen molar-refractivity contribution >= 4 is 40.1 Å². The standard InChI is InChI=1S/C21H22F3N7O/c1-11(12-6-13(21(22,23)24)8-14(25)7-12)28-19-15-9-17(31-5-3-4-18(31)32)27-10-16(15)29-20(26-2)30-19/h6-11H,3-5,25H2,1-2H3,(H2,26,28,29,30)/t11-/m1/s1. The molecule has 0 saturated carbocycles. The van der Waals surface area contributed by atoms with Crippen LogP contribution in [-0.4, -0.2) is 34.5 Å². The van der Waals surface area contributed by atoms with Crippen molar-refractivity contribution in [1.82, 2.24) is 15.0 Å². The predicted octanol–water partition coefficient (Wildman–Crippen LogP) is 3.97. The van der Waals surface area contributed by atoms with Crippen LogP contribution in [0.15, 0.2) is 30.5 Å². The third-order valence-electron chi connectivity index (χ3n) is 5.30. The molecule has 1 aliphatic heterocycles. The lowest BCUT2D eigenvalue weighted by Crippen LogP contribution is -2.24. The molecule has 4 rings (SSSR count). The Morgan fingerprint density at radius 2 is 1.97 bits per heavy atom. The van der Waals surface area contributed by atoms with Gasteiger partial charge in [0, 0.05) is 31.1 Å². The van der Waals surface area contributed by atoms with Crippen molar-refractivity contribution in [3.05, 3.63) is 41.6 Å². The molecule has 2 aromatic heterocycles. The van der Waals surface area contributed by atoms with Crippen LogP contribution in [-0.2, 0) is 11.0 Å². The molecular formula is C21H22F3N7O. The summed E-state index contributed by atoms with van der Waals surface area (Å²) in [5, 5.41) is 6.63. The molecule has 8 nitrogen and oxygen atoms in total. The first-order valence-electron chi connectivity index (χ1n) is 10.1. The van der Waals surface area contributed by atoms with Gasteiger partial charge in [0.05, 0.1) is 23.3 Å². The molecule has 3 heterocycles. The van der Waals surface area contributed by atoms with Crippen molar-refractivity contribution < 1.29 is 18.0 Å². The minimum absolute atomic E-state index is 0.00747. The van der Waals surface area contributed by atoms with E-state index in [1.165, 1.54) is 6.07 Å². The van der Waals surface area contributed by atoms with Gasteiger partial charge in [-0.15, -0.1) is 0 Å². The number of pyridine rings is 1. The van der Waals surface area contributed by atoms with Gasteiger partial charge < -0.3 is 16.4 Å². The molecule has 1 amide bonds. The lowest BCUT2D eigenvalue weighted by atomic mass is 10.0. The van der Waals surface area contributed by atoms with E-state index in [9.17, 15) is 18.0 Å². The highest BCUT2D eigenvalue weighted by Gasteiger charge is 2.31. The smallest absolute Gasteiger partial charge is 0.399 e. The number of aromatic nitrogens is 3. The Bertz CT molecular complexity index is 1180. The molecule has 0 bridgehead atoms. The van der Waals surface area contributed by atoms with Crippen LogP contribution >= 0.6 is 0 Å². The van der Waals surface area contributed by atoms with E-state index in [0.29, 0.717) is 47.0 Å². The summed E-state index contributed by atoms with van der Waals surface area (Å²) < 4.78 is 39.7. The van der Waals surface area contributed by atoms with Gasteiger partial charge in [-0.1, -0.05) is 0 Å². The molecule has 168 valence electrons. The number of nitrogens with zero attached hydrogens (tertiary/aromatic N) is 4. The number of nitrogens with one attached hydrogen (secondary N) is 2. The fraction of sp³-hybridized carbons (Fsp3) is 0.333. The third-order valence-corrected chi connectivity index (χ3v) is 5.30. The van der Waals surface area contributed by atoms with E-state index in [1.54, 1.807) is 31.1 Å². The number of fused-ring (bicyclic) bond motifs is 1. The number of alkyl halides is 3. The number of amides is 1. The Balaban J connectivity index is 1.74. The second kappa shape index (κ2) is 8.13. The maximum Gasteiger partial charge on any atom is 0.416 e. The van der Waals surface area contributed by atoms with Crippen LogP contribution in [0.2, 0.25) is 0 Å². The SMILES string of the molecule is CNc1nc(N[C@H](C)c2cc(N)cc(C(F)(F)F)c2)c2cc(N3CCCC3=O)ncc2n1. The maximum atomic E-state index is 13.2. The summed E-state index contributed by atoms with van der Waals surface area (Å²) in [7, 11) is 1.66. The van der Waals surface area contributed by atoms with Gasteiger partial charge in [-0.25, -0.2) is 9.97 Å². The zero-order valence-corrected chi connectivity index (χ0v) is 17.5. The topological polar surface area (TPSA) is 109 Å². The number of nitrogen functional groups attached to an aromatic ring is 1. The average Bonchev–Trinajstić information content (AvgIpc) is 3.18. The summed E-state index contributed by atoms with van der Waals surface area (Å²) in [6, 6.07) is 4.62. The summed E-state index contributed by atoms with van der Waals surface area (Å²) in [5.74, 6) is 1.20. The van der Waals surface area contributed by atoms with E-state index in [2.05, 4.69) is 25.6 Å². The quantitative estimate of drug-likeness (QED) is 0.510. The summed E-state index contributed by atoms with van der Waals surface area (Å²) in [6.07, 6.45) is -1.73. The monoisotopic (exact) mass is 445 g/mol. The molecular weight excluding hydrogens is 423 g/mol. The van der Waals surface area contributed by atoms with Crippen molar-refractivity contribution in [3.8, 4) is 0 Å². The second-order valence-electron chi connectivity index (χ2n) is 7.61. The first kappa shape index (κ1) is 21.6. The summed E-state index contributed by atoms with van der Waals surface area (Å²) in [5.41, 5.74) is 5.81. The normalized spacial score (nSPS) is 15.3. The minimum atomic E-state index is -4.51. The number of halogens is 3. The molecule has 1 atom stereocenters. The number of carbonyl (C=O) groups is 1. The van der Waals surface area contributed by atoms with Crippen LogP contribution < -0.4 is 21.3 Å². The average molecular weight is 445 g/mol. The van der Waals surface area contributed by atoms with Gasteiger partial charge in [0.15, 0.2) is 0 Å². The molecule has 3 aromatic rings. The molecule has 0 unspecified atom stereocenters. The van der Waals surface area contributed by atoms with Gasteiger partial charge >= 0.3 is 6.18 Å². The van der Waals surface area contributed by atoms with E-state index in [4.69, 9.17) is 5.73 Å². The molecule has 1 aliphatic rings. The Labute approximate surface area is 182 Å². The van der Waals surface area contributed by atoms with Crippen LogP contribution in [0.4, 0.5) is 36.4 Å². The van der Waals surface area contributed by atoms with E-state index in [-0.39, 0.29) is 11.6 Å². The van der Waals surface area contributed by atoms with Crippen LogP contribution in [0.25, 0.3) is 10.9 Å². The predicted molar refractivity (Wildman–Crippen MR) is 116 cm³/mol. The third kappa shape index (κ3) is 4.23. The molecule has 0 aliphatic carbocycles. The van der Waals surface area contributed by atoms with Gasteiger partial charge in [0.2, 0.25) is 11.9 Å². The molecule has 1 fully saturated rings. The van der Waals surface area contributed by atoms with Gasteiger partial charge in [-0.3, -0.25) is 9.69 Å². The Morgan fingerprint density at radius 1 is 1.19 bits per heavy atom. The number of anilines is 4. The number of rotatable bonds is 5. The van der Waals surface area contributed by atoms with E-state index in [1.807, 2.05) is 0 Å². The Hall–Kier alpha value is -3.63. The maximum absolute atomic E-state index is 13.2. The summed E-state index contributed by atoms with van der Waals surface area (Å²) in [6.45, 7) is 2.30. The van der Waals surface area contributed by atoms with E-state index < -0.39 is 17.8 Å². The zero-order chi connectivity index (χ0) is 23.0. The van der Waals surface area contributed by atoms with E-state index in [0.717, 1.165) is 18.6 Å². The fourth-order valence-electron chi connectivity index (χ4n) is 3.66. The number of hydrogen-bond donors (Lipinski definition) is 3. The molecule has 1 aromatic carbocycles. The number of carbonyl (C=O) groups excluding carboxylic acids is 1. The van der Waals surface area contributed by atoms with E-state index >= 15 is 0 Å². The Morgan fingerprint density at radius 3 is 2.62 bits per heavy atom. The molecule has 11 heteroatoms. The summed E-state index contributed by atoms with van der Waals surface area (Å²) >= 11 is 0. The highest BCUT2D eigenvalue weighted by Crippen LogP contribution is 2.34. The lowest BCUT2D eigenvalue weighted by molar-refractivity contribution is -0.137. The van der Waals surface area contributed by atoms with Crippen LogP contribution in [0.5, 0.6) is 0 Å². The van der Waals surface area contributed by atoms with Crippen molar-refractivity contribution in [3.63, 3.8) is 0 Å².